The summed E-state index contributed by atoms with van der Waals surface area (Å²) in [6, 6.07) is 0. The Morgan fingerprint density at radius 2 is 2.50 bits per heavy atom. The fraction of sp³-hybridized carbons (Fsp3) is 1.00. The van der Waals surface area contributed by atoms with Crippen LogP contribution in [0.4, 0.5) is 0 Å². The Hall–Kier alpha value is 0.310. The summed E-state index contributed by atoms with van der Waals surface area (Å²) in [5, 5.41) is 8.52. The largest absolute Gasteiger partial charge is 0.396 e. The average Bonchev–Trinajstić information content (AvgIpc) is 2.19. The molecule has 1 fully saturated rings. The van der Waals surface area contributed by atoms with Crippen molar-refractivity contribution in [1.82, 2.24) is 0 Å². The number of hydrogen-bond donors (Lipinski definition) is 1. The van der Waals surface area contributed by atoms with Gasteiger partial charge in [-0.05, 0) is 30.3 Å². The summed E-state index contributed by atoms with van der Waals surface area (Å²) in [5.41, 5.74) is 0. The Kier molecular flexibility index (Phi) is 2.70. The van der Waals surface area contributed by atoms with Crippen LogP contribution in [-0.4, -0.2) is 23.2 Å². The van der Waals surface area contributed by atoms with Gasteiger partial charge in [0.25, 0.3) is 0 Å². The number of rotatable bonds is 2. The highest BCUT2D eigenvalue weighted by Gasteiger charge is 2.13. The molecule has 1 nitrogen and oxygen atoms in total. The molecule has 0 amide bonds. The molecule has 0 saturated carbocycles. The Bertz CT molecular complexity index is 59.5. The van der Waals surface area contributed by atoms with E-state index in [2.05, 4.69) is 0 Å². The van der Waals surface area contributed by atoms with E-state index in [0.717, 1.165) is 12.3 Å². The van der Waals surface area contributed by atoms with Crippen molar-refractivity contribution in [2.45, 2.75) is 12.8 Å². The first kappa shape index (κ1) is 6.43. The van der Waals surface area contributed by atoms with E-state index < -0.39 is 0 Å². The van der Waals surface area contributed by atoms with E-state index in [-0.39, 0.29) is 0 Å². The van der Waals surface area contributed by atoms with Gasteiger partial charge < -0.3 is 5.11 Å². The van der Waals surface area contributed by atoms with E-state index in [1.807, 2.05) is 11.8 Å². The van der Waals surface area contributed by atoms with Crippen molar-refractivity contribution >= 4 is 11.8 Å². The van der Waals surface area contributed by atoms with Crippen LogP contribution >= 0.6 is 11.8 Å². The van der Waals surface area contributed by atoms with Gasteiger partial charge in [-0.3, -0.25) is 0 Å². The molecule has 0 aromatic rings. The molecule has 0 spiro atoms. The van der Waals surface area contributed by atoms with Crippen LogP contribution in [0.3, 0.4) is 0 Å². The Morgan fingerprint density at radius 3 is 3.00 bits per heavy atom. The second-order valence-corrected chi connectivity index (χ2v) is 3.39. The fourth-order valence-electron chi connectivity index (χ4n) is 0.994. The van der Waals surface area contributed by atoms with Crippen molar-refractivity contribution in [3.63, 3.8) is 0 Å². The Balaban J connectivity index is 2.06. The van der Waals surface area contributed by atoms with Crippen molar-refractivity contribution in [1.29, 1.82) is 0 Å². The molecule has 48 valence electrons. The Morgan fingerprint density at radius 1 is 1.62 bits per heavy atom. The highest BCUT2D eigenvalue weighted by molar-refractivity contribution is 7.99. The van der Waals surface area contributed by atoms with Crippen molar-refractivity contribution in [2.24, 2.45) is 5.92 Å². The van der Waals surface area contributed by atoms with Crippen LogP contribution < -0.4 is 0 Å². The van der Waals surface area contributed by atoms with E-state index in [9.17, 15) is 0 Å². The summed E-state index contributed by atoms with van der Waals surface area (Å²) in [5.74, 6) is 3.41. The molecule has 0 unspecified atom stereocenters. The molecule has 1 rings (SSSR count). The average molecular weight is 132 g/mol. The fourth-order valence-corrected chi connectivity index (χ4v) is 2.33. The molecule has 1 N–H and O–H groups in total. The van der Waals surface area contributed by atoms with E-state index in [1.165, 1.54) is 17.9 Å². The third-order valence-corrected chi connectivity index (χ3v) is 2.79. The van der Waals surface area contributed by atoms with E-state index in [0.29, 0.717) is 6.61 Å². The van der Waals surface area contributed by atoms with Gasteiger partial charge in [-0.1, -0.05) is 0 Å². The zero-order valence-electron chi connectivity index (χ0n) is 4.97. The first-order chi connectivity index (χ1) is 3.93. The van der Waals surface area contributed by atoms with Gasteiger partial charge in [0.2, 0.25) is 0 Å². The van der Waals surface area contributed by atoms with E-state index in [4.69, 9.17) is 5.11 Å². The number of hydrogen-bond acceptors (Lipinski definition) is 2. The highest BCUT2D eigenvalue weighted by Crippen LogP contribution is 2.25. The lowest BCUT2D eigenvalue weighted by atomic mass is 10.1. The maximum absolute atomic E-state index is 8.52. The SMILES string of the molecule is OCC[C@@H]1CCSC1. The summed E-state index contributed by atoms with van der Waals surface area (Å²) >= 11 is 2.01. The summed E-state index contributed by atoms with van der Waals surface area (Å²) in [7, 11) is 0. The predicted molar refractivity (Wildman–Crippen MR) is 37.1 cm³/mol. The van der Waals surface area contributed by atoms with Crippen LogP contribution in [0.25, 0.3) is 0 Å². The van der Waals surface area contributed by atoms with Gasteiger partial charge in [0, 0.05) is 6.61 Å². The van der Waals surface area contributed by atoms with Gasteiger partial charge in [-0.25, -0.2) is 0 Å². The van der Waals surface area contributed by atoms with Crippen LogP contribution in [0.15, 0.2) is 0 Å². The van der Waals surface area contributed by atoms with Gasteiger partial charge in [-0.15, -0.1) is 0 Å². The van der Waals surface area contributed by atoms with E-state index in [1.54, 1.807) is 0 Å². The summed E-state index contributed by atoms with van der Waals surface area (Å²) in [6.07, 6.45) is 2.35. The molecule has 1 saturated heterocycles. The third kappa shape index (κ3) is 1.67. The lowest BCUT2D eigenvalue weighted by molar-refractivity contribution is 0.264. The van der Waals surface area contributed by atoms with Crippen molar-refractivity contribution in [3.8, 4) is 0 Å². The van der Waals surface area contributed by atoms with Crippen LogP contribution in [0.5, 0.6) is 0 Å². The summed E-state index contributed by atoms with van der Waals surface area (Å²) in [4.78, 5) is 0. The molecule has 0 aliphatic carbocycles. The van der Waals surface area contributed by atoms with Gasteiger partial charge in [0.05, 0.1) is 0 Å². The normalized spacial score (nSPS) is 28.9. The monoisotopic (exact) mass is 132 g/mol. The smallest absolute Gasteiger partial charge is 0.0433 e. The summed E-state index contributed by atoms with van der Waals surface area (Å²) in [6.45, 7) is 0.380. The van der Waals surface area contributed by atoms with Crippen LogP contribution in [0.2, 0.25) is 0 Å². The predicted octanol–water partition coefficient (Wildman–Crippen LogP) is 1.12. The van der Waals surface area contributed by atoms with Gasteiger partial charge in [0.1, 0.15) is 0 Å². The van der Waals surface area contributed by atoms with Gasteiger partial charge >= 0.3 is 0 Å². The molecule has 0 radical (unpaired) electrons. The molecule has 1 atom stereocenters. The van der Waals surface area contributed by atoms with Crippen molar-refractivity contribution in [3.05, 3.63) is 0 Å². The number of aliphatic hydroxyl groups excluding tert-OH is 1. The van der Waals surface area contributed by atoms with E-state index >= 15 is 0 Å². The summed E-state index contributed by atoms with van der Waals surface area (Å²) < 4.78 is 0. The van der Waals surface area contributed by atoms with Crippen LogP contribution in [-0.2, 0) is 0 Å². The van der Waals surface area contributed by atoms with Gasteiger partial charge in [-0.2, -0.15) is 11.8 Å². The first-order valence-corrected chi connectivity index (χ1v) is 4.27. The zero-order valence-corrected chi connectivity index (χ0v) is 5.78. The lowest BCUT2D eigenvalue weighted by Gasteiger charge is -2.01. The first-order valence-electron chi connectivity index (χ1n) is 3.12. The zero-order chi connectivity index (χ0) is 5.82. The number of thioether (sulfide) groups is 1. The molecule has 1 heterocycles. The Labute approximate surface area is 54.5 Å². The molecule has 2 heteroatoms. The molecular formula is C6H12OS. The molecule has 1 aliphatic rings. The molecule has 8 heavy (non-hydrogen) atoms. The van der Waals surface area contributed by atoms with Crippen molar-refractivity contribution < 1.29 is 5.11 Å². The molecule has 0 aromatic heterocycles. The second kappa shape index (κ2) is 3.36. The highest BCUT2D eigenvalue weighted by atomic mass is 32.2. The molecule has 1 aliphatic heterocycles. The quantitative estimate of drug-likeness (QED) is 0.607. The van der Waals surface area contributed by atoms with Gasteiger partial charge in [0.15, 0.2) is 0 Å². The third-order valence-electron chi connectivity index (χ3n) is 1.56. The standard InChI is InChI=1S/C6H12OS/c7-3-1-6-2-4-8-5-6/h6-7H,1-5H2/t6-/m1/s1. The minimum atomic E-state index is 0.380. The second-order valence-electron chi connectivity index (χ2n) is 2.24. The molecule has 0 bridgehead atoms. The van der Waals surface area contributed by atoms with Crippen LogP contribution in [0, 0.1) is 5.92 Å². The number of aliphatic hydroxyl groups is 1. The maximum Gasteiger partial charge on any atom is 0.0433 e. The molecule has 0 aromatic carbocycles. The lowest BCUT2D eigenvalue weighted by Crippen LogP contribution is -1.99. The van der Waals surface area contributed by atoms with Crippen molar-refractivity contribution in [2.75, 3.05) is 18.1 Å². The van der Waals surface area contributed by atoms with Crippen LogP contribution in [0.1, 0.15) is 12.8 Å². The topological polar surface area (TPSA) is 20.2 Å². The maximum atomic E-state index is 8.52. The molecular weight excluding hydrogens is 120 g/mol. The minimum Gasteiger partial charge on any atom is -0.396 e. The minimum absolute atomic E-state index is 0.380.